The van der Waals surface area contributed by atoms with E-state index in [2.05, 4.69) is 21.0 Å². The van der Waals surface area contributed by atoms with Crippen LogP contribution in [-0.4, -0.2) is 20.9 Å². The zero-order chi connectivity index (χ0) is 15.6. The summed E-state index contributed by atoms with van der Waals surface area (Å²) in [5.74, 6) is -0.393. The van der Waals surface area contributed by atoms with Crippen molar-refractivity contribution in [3.8, 4) is 5.75 Å². The van der Waals surface area contributed by atoms with Gasteiger partial charge in [0, 0.05) is 7.05 Å². The van der Waals surface area contributed by atoms with Crippen LogP contribution in [0.4, 0.5) is 0 Å². The zero-order valence-electron chi connectivity index (χ0n) is 12.2. The molecule has 112 valence electrons. The average molecular weight is 353 g/mol. The number of aryl methyl sites for hydroxylation is 3. The molecule has 0 unspecified atom stereocenters. The molecule has 21 heavy (non-hydrogen) atoms. The predicted octanol–water partition coefficient (Wildman–Crippen LogP) is 3.33. The van der Waals surface area contributed by atoms with Gasteiger partial charge in [-0.3, -0.25) is 4.68 Å². The van der Waals surface area contributed by atoms with Crippen molar-refractivity contribution in [1.29, 1.82) is 0 Å². The van der Waals surface area contributed by atoms with E-state index in [0.717, 1.165) is 27.8 Å². The molecule has 6 heteroatoms. The Hall–Kier alpha value is -1.82. The molecule has 5 nitrogen and oxygen atoms in total. The van der Waals surface area contributed by atoms with Crippen LogP contribution in [0.1, 0.15) is 34.2 Å². The molecule has 0 aliphatic heterocycles. The molecule has 1 N–H and O–H groups in total. The highest BCUT2D eigenvalue weighted by Crippen LogP contribution is 2.25. The van der Waals surface area contributed by atoms with Crippen LogP contribution in [-0.2, 0) is 20.1 Å². The molecular formula is C15H17BrN2O3. The Morgan fingerprint density at radius 1 is 1.48 bits per heavy atom. The molecule has 2 aromatic rings. The summed E-state index contributed by atoms with van der Waals surface area (Å²) in [7, 11) is 1.86. The molecule has 0 amide bonds. The molecular weight excluding hydrogens is 336 g/mol. The van der Waals surface area contributed by atoms with Gasteiger partial charge < -0.3 is 9.84 Å². The van der Waals surface area contributed by atoms with Crippen molar-refractivity contribution in [1.82, 2.24) is 9.78 Å². The summed E-state index contributed by atoms with van der Waals surface area (Å²) in [6, 6.07) is 4.86. The molecule has 2 rings (SSSR count). The van der Waals surface area contributed by atoms with E-state index in [1.165, 1.54) is 0 Å². The topological polar surface area (TPSA) is 64.4 Å². The lowest BCUT2D eigenvalue weighted by molar-refractivity contribution is 0.0696. The molecule has 0 fully saturated rings. The predicted molar refractivity (Wildman–Crippen MR) is 82.8 cm³/mol. The monoisotopic (exact) mass is 352 g/mol. The van der Waals surface area contributed by atoms with Gasteiger partial charge in [-0.15, -0.1) is 0 Å². The molecule has 0 atom stereocenters. The number of carboxylic acids is 1. The van der Waals surface area contributed by atoms with E-state index in [0.29, 0.717) is 12.4 Å². The summed E-state index contributed by atoms with van der Waals surface area (Å²) in [6.45, 7) is 4.25. The Kier molecular flexibility index (Phi) is 4.67. The highest BCUT2D eigenvalue weighted by molar-refractivity contribution is 9.10. The minimum absolute atomic E-state index is 0.217. The second-order valence-corrected chi connectivity index (χ2v) is 5.55. The van der Waals surface area contributed by atoms with E-state index in [1.54, 1.807) is 22.9 Å². The standard InChI is InChI=1S/C15H17BrN2O3/c1-4-11-14(16)12(18(3)17-11)8-21-13-7-10(15(19)20)6-5-9(13)2/h5-7H,4,8H2,1-3H3,(H,19,20). The highest BCUT2D eigenvalue weighted by Gasteiger charge is 2.14. The fourth-order valence-corrected chi connectivity index (χ4v) is 2.74. The maximum absolute atomic E-state index is 11.0. The van der Waals surface area contributed by atoms with Crippen LogP contribution in [0.5, 0.6) is 5.75 Å². The quantitative estimate of drug-likeness (QED) is 0.896. The van der Waals surface area contributed by atoms with Crippen LogP contribution in [0.25, 0.3) is 0 Å². The van der Waals surface area contributed by atoms with Gasteiger partial charge in [0.25, 0.3) is 0 Å². The van der Waals surface area contributed by atoms with Crippen molar-refractivity contribution >= 4 is 21.9 Å². The summed E-state index contributed by atoms with van der Waals surface area (Å²) in [5, 5.41) is 13.4. The summed E-state index contributed by atoms with van der Waals surface area (Å²) in [6.07, 6.45) is 0.835. The fourth-order valence-electron chi connectivity index (χ4n) is 2.01. The first kappa shape index (κ1) is 15.6. The minimum atomic E-state index is -0.963. The number of aromatic carboxylic acids is 1. The lowest BCUT2D eigenvalue weighted by Crippen LogP contribution is -2.05. The molecule has 0 spiro atoms. The van der Waals surface area contributed by atoms with Crippen molar-refractivity contribution in [3.05, 3.63) is 45.2 Å². The fraction of sp³-hybridized carbons (Fsp3) is 0.333. The lowest BCUT2D eigenvalue weighted by atomic mass is 10.1. The number of carboxylic acid groups (broad SMARTS) is 1. The third-order valence-electron chi connectivity index (χ3n) is 3.30. The SMILES string of the molecule is CCc1nn(C)c(COc2cc(C(=O)O)ccc2C)c1Br. The van der Waals surface area contributed by atoms with E-state index in [1.807, 2.05) is 20.9 Å². The summed E-state index contributed by atoms with van der Waals surface area (Å²) in [4.78, 5) is 11.0. The van der Waals surface area contributed by atoms with Gasteiger partial charge in [0.2, 0.25) is 0 Å². The molecule has 0 saturated carbocycles. The van der Waals surface area contributed by atoms with E-state index >= 15 is 0 Å². The highest BCUT2D eigenvalue weighted by atomic mass is 79.9. The Balaban J connectivity index is 2.22. The van der Waals surface area contributed by atoms with Crippen molar-refractivity contribution in [2.45, 2.75) is 26.9 Å². The molecule has 0 aliphatic carbocycles. The van der Waals surface area contributed by atoms with Gasteiger partial charge in [-0.1, -0.05) is 13.0 Å². The average Bonchev–Trinajstić information content (AvgIpc) is 2.72. The number of benzene rings is 1. The summed E-state index contributed by atoms with van der Waals surface area (Å²) < 4.78 is 8.50. The number of aromatic nitrogens is 2. The van der Waals surface area contributed by atoms with Crippen molar-refractivity contribution in [2.24, 2.45) is 7.05 Å². The molecule has 0 aliphatic rings. The van der Waals surface area contributed by atoms with E-state index in [4.69, 9.17) is 9.84 Å². The van der Waals surface area contributed by atoms with Gasteiger partial charge in [0.05, 0.1) is 21.4 Å². The minimum Gasteiger partial charge on any atom is -0.487 e. The number of hydrogen-bond acceptors (Lipinski definition) is 3. The van der Waals surface area contributed by atoms with E-state index < -0.39 is 5.97 Å². The summed E-state index contributed by atoms with van der Waals surface area (Å²) in [5.41, 5.74) is 3.02. The normalized spacial score (nSPS) is 10.7. The first-order valence-electron chi connectivity index (χ1n) is 6.61. The van der Waals surface area contributed by atoms with E-state index in [9.17, 15) is 4.79 Å². The van der Waals surface area contributed by atoms with Gasteiger partial charge in [0.1, 0.15) is 12.4 Å². The van der Waals surface area contributed by atoms with Crippen molar-refractivity contribution < 1.29 is 14.6 Å². The largest absolute Gasteiger partial charge is 0.487 e. The molecule has 1 aromatic carbocycles. The third kappa shape index (κ3) is 3.26. The van der Waals surface area contributed by atoms with Crippen LogP contribution in [0.15, 0.2) is 22.7 Å². The molecule has 0 bridgehead atoms. The van der Waals surface area contributed by atoms with Crippen LogP contribution < -0.4 is 4.74 Å². The maximum atomic E-state index is 11.0. The van der Waals surface area contributed by atoms with Crippen LogP contribution in [0, 0.1) is 6.92 Å². The number of halogens is 1. The summed E-state index contributed by atoms with van der Waals surface area (Å²) >= 11 is 3.53. The molecule has 0 radical (unpaired) electrons. The van der Waals surface area contributed by atoms with Gasteiger partial charge in [0.15, 0.2) is 0 Å². The molecule has 1 heterocycles. The molecule has 1 aromatic heterocycles. The molecule has 0 saturated heterocycles. The number of hydrogen-bond donors (Lipinski definition) is 1. The Bertz CT molecular complexity index is 680. The second kappa shape index (κ2) is 6.30. The number of ether oxygens (including phenoxy) is 1. The number of carbonyl (C=O) groups is 1. The third-order valence-corrected chi connectivity index (χ3v) is 4.22. The first-order chi connectivity index (χ1) is 9.93. The second-order valence-electron chi connectivity index (χ2n) is 4.76. The van der Waals surface area contributed by atoms with Gasteiger partial charge in [-0.2, -0.15) is 5.10 Å². The van der Waals surface area contributed by atoms with Crippen LogP contribution in [0.3, 0.4) is 0 Å². The van der Waals surface area contributed by atoms with Gasteiger partial charge >= 0.3 is 5.97 Å². The smallest absolute Gasteiger partial charge is 0.335 e. The van der Waals surface area contributed by atoms with Gasteiger partial charge in [-0.25, -0.2) is 4.79 Å². The lowest BCUT2D eigenvalue weighted by Gasteiger charge is -2.10. The number of rotatable bonds is 5. The number of nitrogens with zero attached hydrogens (tertiary/aromatic N) is 2. The maximum Gasteiger partial charge on any atom is 0.335 e. The van der Waals surface area contributed by atoms with Crippen LogP contribution in [0.2, 0.25) is 0 Å². The Morgan fingerprint density at radius 3 is 2.76 bits per heavy atom. The van der Waals surface area contributed by atoms with Crippen molar-refractivity contribution in [2.75, 3.05) is 0 Å². The Morgan fingerprint density at radius 2 is 2.19 bits per heavy atom. The van der Waals surface area contributed by atoms with Crippen molar-refractivity contribution in [3.63, 3.8) is 0 Å². The Labute approximate surface area is 131 Å². The van der Waals surface area contributed by atoms with Crippen LogP contribution >= 0.6 is 15.9 Å². The zero-order valence-corrected chi connectivity index (χ0v) is 13.8. The van der Waals surface area contributed by atoms with Gasteiger partial charge in [-0.05, 0) is 47.0 Å². The van der Waals surface area contributed by atoms with E-state index in [-0.39, 0.29) is 5.56 Å². The first-order valence-corrected chi connectivity index (χ1v) is 7.40.